The van der Waals surface area contributed by atoms with Crippen molar-refractivity contribution in [3.05, 3.63) is 69.8 Å². The van der Waals surface area contributed by atoms with Crippen LogP contribution in [0.5, 0.6) is 0 Å². The van der Waals surface area contributed by atoms with E-state index in [1.165, 1.54) is 23.1 Å². The van der Waals surface area contributed by atoms with Crippen molar-refractivity contribution in [2.75, 3.05) is 20.1 Å². The third-order valence-electron chi connectivity index (χ3n) is 5.52. The number of nitrogens with zero attached hydrogens (tertiary/aromatic N) is 3. The van der Waals surface area contributed by atoms with Gasteiger partial charge in [0.25, 0.3) is 5.69 Å². The molecule has 12 heteroatoms. The van der Waals surface area contributed by atoms with Crippen LogP contribution in [0.15, 0.2) is 53.4 Å². The van der Waals surface area contributed by atoms with E-state index in [0.29, 0.717) is 11.6 Å². The maximum atomic E-state index is 12.9. The summed E-state index contributed by atoms with van der Waals surface area (Å²) >= 11 is 0. The first-order chi connectivity index (χ1) is 15.4. The maximum Gasteiger partial charge on any atom is 0.416 e. The van der Waals surface area contributed by atoms with E-state index in [1.54, 1.807) is 13.1 Å². The van der Waals surface area contributed by atoms with Gasteiger partial charge in [-0.15, -0.1) is 0 Å². The van der Waals surface area contributed by atoms with Gasteiger partial charge in [-0.3, -0.25) is 14.9 Å². The van der Waals surface area contributed by atoms with Crippen LogP contribution in [0.2, 0.25) is 0 Å². The highest BCUT2D eigenvalue weighted by atomic mass is 32.2. The summed E-state index contributed by atoms with van der Waals surface area (Å²) in [4.78, 5) is 24.2. The van der Waals surface area contributed by atoms with Gasteiger partial charge in [-0.1, -0.05) is 18.2 Å². The van der Waals surface area contributed by atoms with Gasteiger partial charge in [-0.2, -0.15) is 17.5 Å². The Kier molecular flexibility index (Phi) is 7.08. The molecule has 33 heavy (non-hydrogen) atoms. The van der Waals surface area contributed by atoms with Gasteiger partial charge < -0.3 is 4.90 Å². The summed E-state index contributed by atoms with van der Waals surface area (Å²) in [6.07, 6.45) is -4.22. The van der Waals surface area contributed by atoms with Gasteiger partial charge in [-0.25, -0.2) is 8.42 Å². The number of rotatable bonds is 6. The Morgan fingerprint density at radius 3 is 2.39 bits per heavy atom. The molecule has 0 saturated carbocycles. The highest BCUT2D eigenvalue weighted by molar-refractivity contribution is 7.89. The van der Waals surface area contributed by atoms with Gasteiger partial charge in [0.2, 0.25) is 15.9 Å². The van der Waals surface area contributed by atoms with Crippen molar-refractivity contribution >= 4 is 21.6 Å². The number of benzene rings is 2. The van der Waals surface area contributed by atoms with Gasteiger partial charge in [0.1, 0.15) is 0 Å². The molecule has 2 aromatic rings. The molecule has 178 valence electrons. The van der Waals surface area contributed by atoms with Crippen LogP contribution < -0.4 is 0 Å². The lowest BCUT2D eigenvalue weighted by atomic mass is 9.96. The van der Waals surface area contributed by atoms with Crippen LogP contribution in [-0.4, -0.2) is 48.6 Å². The Morgan fingerprint density at radius 1 is 1.15 bits per heavy atom. The Bertz CT molecular complexity index is 1150. The summed E-state index contributed by atoms with van der Waals surface area (Å²) < 4.78 is 65.6. The molecule has 0 aromatic heterocycles. The molecule has 0 aliphatic carbocycles. The standard InChI is InChI=1S/C21H22F3N3O5S/c1-25(14-15-4-2-6-18(12-15)27(29)30)20(28)16-8-10-26(11-9-16)33(31,32)19-7-3-5-17(13-19)21(22,23)24/h2-7,12-13,16H,8-11,14H2,1H3. The molecule has 0 bridgehead atoms. The molecule has 0 atom stereocenters. The molecule has 1 amide bonds. The topological polar surface area (TPSA) is 101 Å². The van der Waals surface area contributed by atoms with Crippen molar-refractivity contribution in [1.82, 2.24) is 9.21 Å². The second-order valence-electron chi connectivity index (χ2n) is 7.83. The Balaban J connectivity index is 1.63. The number of nitro groups is 1. The zero-order valence-electron chi connectivity index (χ0n) is 17.7. The van der Waals surface area contributed by atoms with Crippen molar-refractivity contribution in [2.24, 2.45) is 5.92 Å². The number of halogens is 3. The van der Waals surface area contributed by atoms with Crippen LogP contribution in [0, 0.1) is 16.0 Å². The van der Waals surface area contributed by atoms with E-state index >= 15 is 0 Å². The summed E-state index contributed by atoms with van der Waals surface area (Å²) in [7, 11) is -2.57. The van der Waals surface area contributed by atoms with Gasteiger partial charge in [0.05, 0.1) is 15.4 Å². The largest absolute Gasteiger partial charge is 0.416 e. The van der Waals surface area contributed by atoms with Gasteiger partial charge in [-0.05, 0) is 36.6 Å². The fourth-order valence-electron chi connectivity index (χ4n) is 3.76. The number of piperidine rings is 1. The van der Waals surface area contributed by atoms with Crippen molar-refractivity contribution in [1.29, 1.82) is 0 Å². The average molecular weight is 485 g/mol. The molecule has 1 aliphatic heterocycles. The van der Waals surface area contributed by atoms with E-state index in [9.17, 15) is 36.5 Å². The molecule has 2 aromatic carbocycles. The number of carbonyl (C=O) groups is 1. The lowest BCUT2D eigenvalue weighted by Crippen LogP contribution is -2.43. The maximum absolute atomic E-state index is 12.9. The van der Waals surface area contributed by atoms with Crippen molar-refractivity contribution in [3.63, 3.8) is 0 Å². The second-order valence-corrected chi connectivity index (χ2v) is 9.76. The number of alkyl halides is 3. The lowest BCUT2D eigenvalue weighted by molar-refractivity contribution is -0.384. The molecule has 0 spiro atoms. The highest BCUT2D eigenvalue weighted by Gasteiger charge is 2.35. The SMILES string of the molecule is CN(Cc1cccc([N+](=O)[O-])c1)C(=O)C1CCN(S(=O)(=O)c2cccc(C(F)(F)F)c2)CC1. The van der Waals surface area contributed by atoms with Crippen LogP contribution in [0.4, 0.5) is 18.9 Å². The van der Waals surface area contributed by atoms with Gasteiger partial charge >= 0.3 is 6.18 Å². The van der Waals surface area contributed by atoms with Gasteiger partial charge in [0, 0.05) is 44.7 Å². The Hall–Kier alpha value is -2.99. The molecule has 1 aliphatic rings. The molecular weight excluding hydrogens is 463 g/mol. The smallest absolute Gasteiger partial charge is 0.341 e. The Morgan fingerprint density at radius 2 is 1.79 bits per heavy atom. The van der Waals surface area contributed by atoms with E-state index in [2.05, 4.69) is 0 Å². The fraction of sp³-hybridized carbons (Fsp3) is 0.381. The molecule has 3 rings (SSSR count). The molecule has 0 unspecified atom stereocenters. The normalized spacial score (nSPS) is 15.9. The highest BCUT2D eigenvalue weighted by Crippen LogP contribution is 2.32. The Labute approximate surface area is 188 Å². The molecule has 0 N–H and O–H groups in total. The van der Waals surface area contributed by atoms with Crippen molar-refractivity contribution in [3.8, 4) is 0 Å². The molecule has 1 saturated heterocycles. The monoisotopic (exact) mass is 485 g/mol. The van der Waals surface area contributed by atoms with E-state index in [0.717, 1.165) is 22.5 Å². The number of nitro benzene ring substituents is 1. The molecule has 1 heterocycles. The predicted molar refractivity (Wildman–Crippen MR) is 112 cm³/mol. The number of carbonyl (C=O) groups excluding carboxylic acids is 1. The molecule has 1 fully saturated rings. The summed E-state index contributed by atoms with van der Waals surface area (Å²) in [6, 6.07) is 9.52. The molecule has 8 nitrogen and oxygen atoms in total. The third-order valence-corrected chi connectivity index (χ3v) is 7.41. The summed E-state index contributed by atoms with van der Waals surface area (Å²) in [5.74, 6) is -0.681. The third kappa shape index (κ3) is 5.69. The minimum atomic E-state index is -4.66. The quantitative estimate of drug-likeness (QED) is 0.459. The van der Waals surface area contributed by atoms with Crippen LogP contribution in [-0.2, 0) is 27.5 Å². The average Bonchev–Trinajstić information content (AvgIpc) is 2.78. The van der Waals surface area contributed by atoms with Crippen LogP contribution >= 0.6 is 0 Å². The van der Waals surface area contributed by atoms with Crippen LogP contribution in [0.25, 0.3) is 0 Å². The number of hydrogen-bond acceptors (Lipinski definition) is 5. The van der Waals surface area contributed by atoms with Crippen LogP contribution in [0.1, 0.15) is 24.0 Å². The predicted octanol–water partition coefficient (Wildman–Crippen LogP) is 3.67. The number of hydrogen-bond donors (Lipinski definition) is 0. The first kappa shape index (κ1) is 24.6. The number of amides is 1. The van der Waals surface area contributed by atoms with E-state index in [-0.39, 0.29) is 44.1 Å². The minimum Gasteiger partial charge on any atom is -0.341 e. The second kappa shape index (κ2) is 9.48. The van der Waals surface area contributed by atoms with E-state index < -0.39 is 37.5 Å². The van der Waals surface area contributed by atoms with Crippen molar-refractivity contribution in [2.45, 2.75) is 30.5 Å². The van der Waals surface area contributed by atoms with E-state index in [1.807, 2.05) is 0 Å². The summed E-state index contributed by atoms with van der Waals surface area (Å²) in [6.45, 7) is 0.155. The fourth-order valence-corrected chi connectivity index (χ4v) is 5.27. The van der Waals surface area contributed by atoms with Crippen LogP contribution in [0.3, 0.4) is 0 Å². The van der Waals surface area contributed by atoms with Crippen molar-refractivity contribution < 1.29 is 31.3 Å². The van der Waals surface area contributed by atoms with E-state index in [4.69, 9.17) is 0 Å². The zero-order chi connectivity index (χ0) is 24.4. The zero-order valence-corrected chi connectivity index (χ0v) is 18.5. The number of sulfonamides is 1. The summed E-state index contributed by atoms with van der Waals surface area (Å²) in [5, 5.41) is 10.9. The molecule has 0 radical (unpaired) electrons. The summed E-state index contributed by atoms with van der Waals surface area (Å²) in [5.41, 5.74) is -0.539. The minimum absolute atomic E-state index is 0.000363. The molecular formula is C21H22F3N3O5S. The first-order valence-corrected chi connectivity index (χ1v) is 11.5. The number of non-ortho nitro benzene ring substituents is 1. The van der Waals surface area contributed by atoms with Gasteiger partial charge in [0.15, 0.2) is 0 Å². The first-order valence-electron chi connectivity index (χ1n) is 10.1. The lowest BCUT2D eigenvalue weighted by Gasteiger charge is -2.32.